The van der Waals surface area contributed by atoms with Gasteiger partial charge in [-0.25, -0.2) is 0 Å². The van der Waals surface area contributed by atoms with E-state index in [1.165, 1.54) is 12.1 Å². The van der Waals surface area contributed by atoms with Crippen LogP contribution < -0.4 is 16.5 Å². The van der Waals surface area contributed by atoms with Gasteiger partial charge in [0, 0.05) is 15.6 Å². The van der Waals surface area contributed by atoms with Crippen LogP contribution in [0.3, 0.4) is 0 Å². The molecular weight excluding hydrogens is 471 g/mol. The molecule has 0 saturated carbocycles. The Bertz CT molecular complexity index is 1300. The number of halogens is 2. The third-order valence-corrected chi connectivity index (χ3v) is 5.68. The number of carbonyl (C=O) groups is 2. The summed E-state index contributed by atoms with van der Waals surface area (Å²) in [5.74, 6) is -1.31. The molecule has 0 aliphatic carbocycles. The molecule has 2 aromatic carbocycles. The molecule has 8 nitrogen and oxygen atoms in total. The van der Waals surface area contributed by atoms with Gasteiger partial charge in [0.15, 0.2) is 0 Å². The molecular formula is C21H12Cl2N6O2S. The van der Waals surface area contributed by atoms with Gasteiger partial charge in [0.2, 0.25) is 11.5 Å². The number of nitrogens with one attached hydrogen (secondary N) is 2. The molecule has 11 heteroatoms. The maximum Gasteiger partial charge on any atom is 0.287 e. The lowest BCUT2D eigenvalue weighted by Gasteiger charge is -2.03. The molecule has 32 heavy (non-hydrogen) atoms. The highest BCUT2D eigenvalue weighted by Gasteiger charge is 2.24. The third-order valence-electron chi connectivity index (χ3n) is 4.06. The summed E-state index contributed by atoms with van der Waals surface area (Å²) < 4.78 is 0. The molecule has 0 aliphatic heterocycles. The number of rotatable bonds is 6. The Labute approximate surface area is 196 Å². The summed E-state index contributed by atoms with van der Waals surface area (Å²) in [6.07, 6.45) is 0. The van der Waals surface area contributed by atoms with Gasteiger partial charge in [0.25, 0.3) is 5.91 Å². The van der Waals surface area contributed by atoms with Gasteiger partial charge in [-0.1, -0.05) is 23.2 Å². The van der Waals surface area contributed by atoms with Crippen molar-refractivity contribution in [3.8, 4) is 12.1 Å². The number of hydrogen-bond donors (Lipinski definition) is 3. The Hall–Kier alpha value is -3.89. The highest BCUT2D eigenvalue weighted by molar-refractivity contribution is 7.19. The predicted molar refractivity (Wildman–Crippen MR) is 125 cm³/mol. The standard InChI is InChI=1S/C21H12Cl2N6O2S/c22-12-3-1-11(2-4-12)18(30)19-17(26)15(9-24)21(32-19)27-20(31)16(10-25)29-28-14-7-5-13(23)6-8-14/h1-8,28H,26H2,(H,27,31). The number of nitrogen functional groups attached to an aromatic ring is 1. The van der Waals surface area contributed by atoms with Crippen molar-refractivity contribution in [3.63, 3.8) is 0 Å². The number of anilines is 3. The number of hydrogen-bond acceptors (Lipinski definition) is 8. The lowest BCUT2D eigenvalue weighted by molar-refractivity contribution is -0.110. The minimum Gasteiger partial charge on any atom is -0.396 e. The number of benzene rings is 2. The van der Waals surface area contributed by atoms with Crippen LogP contribution >= 0.6 is 34.5 Å². The Morgan fingerprint density at radius 1 is 1.00 bits per heavy atom. The van der Waals surface area contributed by atoms with Gasteiger partial charge in [-0.15, -0.1) is 11.3 Å². The fourth-order valence-electron chi connectivity index (χ4n) is 2.48. The van der Waals surface area contributed by atoms with E-state index in [1.807, 2.05) is 6.07 Å². The summed E-state index contributed by atoms with van der Waals surface area (Å²) in [6, 6.07) is 16.1. The molecule has 1 amide bonds. The van der Waals surface area contributed by atoms with Crippen molar-refractivity contribution in [3.05, 3.63) is 74.6 Å². The van der Waals surface area contributed by atoms with Crippen LogP contribution in [0.1, 0.15) is 20.8 Å². The maximum absolute atomic E-state index is 12.8. The first-order valence-corrected chi connectivity index (χ1v) is 10.3. The molecule has 0 bridgehead atoms. The fourth-order valence-corrected chi connectivity index (χ4v) is 3.76. The summed E-state index contributed by atoms with van der Waals surface area (Å²) in [4.78, 5) is 25.4. The SMILES string of the molecule is N#CC(=NNc1ccc(Cl)cc1)C(=O)Nc1sc(C(=O)c2ccc(Cl)cc2)c(N)c1C#N. The van der Waals surface area contributed by atoms with Crippen molar-refractivity contribution in [2.75, 3.05) is 16.5 Å². The molecule has 158 valence electrons. The van der Waals surface area contributed by atoms with E-state index in [0.29, 0.717) is 21.3 Å². The van der Waals surface area contributed by atoms with Crippen molar-refractivity contribution < 1.29 is 9.59 Å². The zero-order chi connectivity index (χ0) is 23.3. The van der Waals surface area contributed by atoms with Gasteiger partial charge >= 0.3 is 0 Å². The van der Waals surface area contributed by atoms with Gasteiger partial charge in [0.05, 0.1) is 11.4 Å². The van der Waals surface area contributed by atoms with Crippen molar-refractivity contribution >= 4 is 68.3 Å². The van der Waals surface area contributed by atoms with Crippen LogP contribution in [0.15, 0.2) is 53.6 Å². The van der Waals surface area contributed by atoms with E-state index in [0.717, 1.165) is 11.3 Å². The zero-order valence-electron chi connectivity index (χ0n) is 16.0. The third kappa shape index (κ3) is 5.05. The van der Waals surface area contributed by atoms with Gasteiger partial charge in [0.1, 0.15) is 27.6 Å². The lowest BCUT2D eigenvalue weighted by atomic mass is 10.1. The highest BCUT2D eigenvalue weighted by atomic mass is 35.5. The average Bonchev–Trinajstić information content (AvgIpc) is 3.10. The number of hydrazone groups is 1. The van der Waals surface area contributed by atoms with Crippen LogP contribution in [0.25, 0.3) is 0 Å². The van der Waals surface area contributed by atoms with Crippen molar-refractivity contribution in [1.29, 1.82) is 10.5 Å². The van der Waals surface area contributed by atoms with Crippen LogP contribution in [0.5, 0.6) is 0 Å². The maximum atomic E-state index is 12.8. The fraction of sp³-hybridized carbons (Fsp3) is 0. The Morgan fingerprint density at radius 3 is 2.16 bits per heavy atom. The van der Waals surface area contributed by atoms with Crippen LogP contribution in [0.4, 0.5) is 16.4 Å². The largest absolute Gasteiger partial charge is 0.396 e. The first kappa shape index (κ1) is 22.8. The molecule has 3 aromatic rings. The minimum atomic E-state index is -0.878. The molecule has 0 atom stereocenters. The number of nitrogens with two attached hydrogens (primary N) is 1. The van der Waals surface area contributed by atoms with Gasteiger partial charge in [-0.3, -0.25) is 15.0 Å². The molecule has 0 saturated heterocycles. The quantitative estimate of drug-likeness (QED) is 0.264. The smallest absolute Gasteiger partial charge is 0.287 e. The Kier molecular flexibility index (Phi) is 7.08. The second-order valence-corrected chi connectivity index (χ2v) is 8.04. The first-order valence-electron chi connectivity index (χ1n) is 8.77. The summed E-state index contributed by atoms with van der Waals surface area (Å²) >= 11 is 12.5. The highest BCUT2D eigenvalue weighted by Crippen LogP contribution is 2.36. The van der Waals surface area contributed by atoms with E-state index in [9.17, 15) is 20.1 Å². The lowest BCUT2D eigenvalue weighted by Crippen LogP contribution is -2.22. The molecule has 1 heterocycles. The van der Waals surface area contributed by atoms with Gasteiger partial charge in [-0.05, 0) is 48.5 Å². The van der Waals surface area contributed by atoms with E-state index in [1.54, 1.807) is 42.5 Å². The molecule has 3 rings (SSSR count). The van der Waals surface area contributed by atoms with E-state index < -0.39 is 17.4 Å². The Morgan fingerprint density at radius 2 is 1.59 bits per heavy atom. The average molecular weight is 483 g/mol. The van der Waals surface area contributed by atoms with E-state index in [-0.39, 0.29) is 21.1 Å². The summed E-state index contributed by atoms with van der Waals surface area (Å²) in [5, 5.41) is 26.0. The molecule has 0 spiro atoms. The normalized spacial score (nSPS) is 10.7. The van der Waals surface area contributed by atoms with E-state index in [4.69, 9.17) is 28.9 Å². The molecule has 0 fully saturated rings. The monoisotopic (exact) mass is 482 g/mol. The van der Waals surface area contributed by atoms with E-state index in [2.05, 4.69) is 15.8 Å². The minimum absolute atomic E-state index is 0.0294. The first-order chi connectivity index (χ1) is 15.3. The Balaban J connectivity index is 1.84. The molecule has 0 radical (unpaired) electrons. The van der Waals surface area contributed by atoms with Crippen LogP contribution in [0, 0.1) is 22.7 Å². The van der Waals surface area contributed by atoms with Gasteiger partial charge < -0.3 is 11.1 Å². The molecule has 4 N–H and O–H groups in total. The number of ketones is 1. The second-order valence-electron chi connectivity index (χ2n) is 6.14. The summed E-state index contributed by atoms with van der Waals surface area (Å²) in [6.45, 7) is 0. The zero-order valence-corrected chi connectivity index (χ0v) is 18.3. The van der Waals surface area contributed by atoms with E-state index >= 15 is 0 Å². The summed E-state index contributed by atoms with van der Waals surface area (Å²) in [7, 11) is 0. The summed E-state index contributed by atoms with van der Waals surface area (Å²) in [5.41, 5.74) is 8.73. The molecule has 0 unspecified atom stereocenters. The number of nitrogens with zero attached hydrogens (tertiary/aromatic N) is 3. The van der Waals surface area contributed by atoms with Crippen LogP contribution in [-0.2, 0) is 4.79 Å². The predicted octanol–water partition coefficient (Wildman–Crippen LogP) is 4.67. The number of amides is 1. The van der Waals surface area contributed by atoms with Gasteiger partial charge in [-0.2, -0.15) is 15.6 Å². The number of nitriles is 2. The molecule has 0 aliphatic rings. The van der Waals surface area contributed by atoms with Crippen LogP contribution in [0.2, 0.25) is 10.0 Å². The number of carbonyl (C=O) groups excluding carboxylic acids is 2. The van der Waals surface area contributed by atoms with Crippen LogP contribution in [-0.4, -0.2) is 17.4 Å². The molecule has 1 aromatic heterocycles. The number of thiophene rings is 1. The topological polar surface area (TPSA) is 144 Å². The second kappa shape index (κ2) is 9.94. The van der Waals surface area contributed by atoms with Crippen molar-refractivity contribution in [2.45, 2.75) is 0 Å². The van der Waals surface area contributed by atoms with Crippen molar-refractivity contribution in [1.82, 2.24) is 0 Å². The van der Waals surface area contributed by atoms with Crippen molar-refractivity contribution in [2.24, 2.45) is 5.10 Å².